The lowest BCUT2D eigenvalue weighted by Crippen LogP contribution is -2.15. The molecule has 9 heteroatoms. The molecule has 2 N–H and O–H groups in total. The van der Waals surface area contributed by atoms with Crippen molar-refractivity contribution in [3.8, 4) is 0 Å². The number of rotatable bonds is 5. The average Bonchev–Trinajstić information content (AvgIpc) is 2.51. The number of alkyl halides is 3. The van der Waals surface area contributed by atoms with Crippen molar-refractivity contribution < 1.29 is 27.6 Å². The van der Waals surface area contributed by atoms with Crippen LogP contribution in [0.3, 0.4) is 0 Å². The zero-order valence-electron chi connectivity index (χ0n) is 12.0. The van der Waals surface area contributed by atoms with Crippen molar-refractivity contribution in [1.82, 2.24) is 0 Å². The third kappa shape index (κ3) is 3.99. The number of hydrogen-bond acceptors (Lipinski definition) is 4. The Kier molecular flexibility index (Phi) is 5.03. The monoisotopic (exact) mass is 344 g/mol. The van der Waals surface area contributed by atoms with Gasteiger partial charge in [0.2, 0.25) is 0 Å². The van der Waals surface area contributed by atoms with Gasteiger partial charge in [-0.3, -0.25) is 10.1 Å². The molecule has 0 spiro atoms. The molecule has 0 aromatic heterocycles. The highest BCUT2D eigenvalue weighted by Gasteiger charge is 2.33. The minimum absolute atomic E-state index is 0.0282. The summed E-state index contributed by atoms with van der Waals surface area (Å²) >= 11 is 0. The van der Waals surface area contributed by atoms with Gasteiger partial charge in [-0.15, -0.1) is 0 Å². The second kappa shape index (κ2) is 6.83. The first kappa shape index (κ1) is 17.7. The van der Waals surface area contributed by atoms with Crippen LogP contribution >= 0.6 is 0 Å². The Morgan fingerprint density at radius 2 is 1.88 bits per heavy atom. The fraction of sp³-hybridized carbons (Fsp3) is 0.200. The molecule has 0 radical (unpaired) electrons. The summed E-state index contributed by atoms with van der Waals surface area (Å²) in [5.74, 6) is -0.659. The summed E-state index contributed by atoms with van der Waals surface area (Å²) in [6.07, 6.45) is -6.04. The Morgan fingerprint density at radius 3 is 2.46 bits per heavy atom. The molecule has 0 fully saturated rings. The van der Waals surface area contributed by atoms with Crippen LogP contribution in [0.4, 0.5) is 28.9 Å². The fourth-order valence-electron chi connectivity index (χ4n) is 2.07. The van der Waals surface area contributed by atoms with Crippen LogP contribution in [0.1, 0.15) is 17.2 Å². The van der Waals surface area contributed by atoms with Crippen LogP contribution in [0.15, 0.2) is 42.5 Å². The first-order chi connectivity index (χ1) is 11.2. The van der Waals surface area contributed by atoms with E-state index in [-0.39, 0.29) is 17.8 Å². The lowest BCUT2D eigenvalue weighted by atomic mass is 10.1. The van der Waals surface area contributed by atoms with E-state index < -0.39 is 34.3 Å². The summed E-state index contributed by atoms with van der Waals surface area (Å²) in [7, 11) is 0. The molecule has 0 amide bonds. The van der Waals surface area contributed by atoms with Crippen molar-refractivity contribution in [3.63, 3.8) is 0 Å². The van der Waals surface area contributed by atoms with E-state index in [4.69, 9.17) is 0 Å². The predicted molar refractivity (Wildman–Crippen MR) is 77.9 cm³/mol. The molecule has 0 aliphatic rings. The van der Waals surface area contributed by atoms with Gasteiger partial charge < -0.3 is 10.4 Å². The van der Waals surface area contributed by atoms with Crippen molar-refractivity contribution in [3.05, 3.63) is 69.5 Å². The van der Waals surface area contributed by atoms with Gasteiger partial charge in [-0.2, -0.15) is 13.2 Å². The first-order valence-electron chi connectivity index (χ1n) is 6.72. The quantitative estimate of drug-likeness (QED) is 0.490. The van der Waals surface area contributed by atoms with Crippen molar-refractivity contribution in [2.24, 2.45) is 0 Å². The number of aliphatic hydroxyl groups is 1. The Bertz CT molecular complexity index is 750. The summed E-state index contributed by atoms with van der Waals surface area (Å²) in [5, 5.41) is 23.3. The van der Waals surface area contributed by atoms with E-state index in [2.05, 4.69) is 5.32 Å². The zero-order chi connectivity index (χ0) is 17.9. The molecule has 0 aliphatic heterocycles. The predicted octanol–water partition coefficient (Wildman–Crippen LogP) is 3.90. The van der Waals surface area contributed by atoms with Gasteiger partial charge in [0.05, 0.1) is 16.6 Å². The van der Waals surface area contributed by atoms with Crippen LogP contribution < -0.4 is 5.32 Å². The van der Waals surface area contributed by atoms with E-state index in [1.165, 1.54) is 18.2 Å². The van der Waals surface area contributed by atoms with Crippen molar-refractivity contribution in [2.45, 2.75) is 12.3 Å². The van der Waals surface area contributed by atoms with Crippen LogP contribution in [0, 0.1) is 15.9 Å². The van der Waals surface area contributed by atoms with E-state index >= 15 is 0 Å². The zero-order valence-corrected chi connectivity index (χ0v) is 12.0. The molecular formula is C15H12F4N2O3. The van der Waals surface area contributed by atoms with Crippen LogP contribution in [0.25, 0.3) is 0 Å². The topological polar surface area (TPSA) is 75.4 Å². The minimum Gasteiger partial charge on any atom is -0.386 e. The van der Waals surface area contributed by atoms with E-state index in [9.17, 15) is 32.8 Å². The van der Waals surface area contributed by atoms with Gasteiger partial charge in [0.1, 0.15) is 11.5 Å². The molecule has 0 unspecified atom stereocenters. The second-order valence-electron chi connectivity index (χ2n) is 4.91. The average molecular weight is 344 g/mol. The number of aliphatic hydroxyl groups excluding tert-OH is 1. The van der Waals surface area contributed by atoms with Gasteiger partial charge >= 0.3 is 6.18 Å². The van der Waals surface area contributed by atoms with Crippen LogP contribution in [-0.4, -0.2) is 16.6 Å². The van der Waals surface area contributed by atoms with Gasteiger partial charge in [0.25, 0.3) is 5.69 Å². The van der Waals surface area contributed by atoms with Crippen molar-refractivity contribution >= 4 is 11.4 Å². The Balaban J connectivity index is 2.21. The summed E-state index contributed by atoms with van der Waals surface area (Å²) in [5.41, 5.74) is -2.18. The Morgan fingerprint density at radius 1 is 1.21 bits per heavy atom. The van der Waals surface area contributed by atoms with Gasteiger partial charge in [0.15, 0.2) is 0 Å². The number of benzene rings is 2. The number of halogens is 4. The molecule has 2 aromatic carbocycles. The molecule has 2 aromatic rings. The number of anilines is 1. The Labute approximate surface area is 133 Å². The van der Waals surface area contributed by atoms with Crippen LogP contribution in [0.2, 0.25) is 0 Å². The number of nitrogens with zero attached hydrogens (tertiary/aromatic N) is 1. The van der Waals surface area contributed by atoms with Gasteiger partial charge in [-0.25, -0.2) is 4.39 Å². The van der Waals surface area contributed by atoms with E-state index in [1.807, 2.05) is 0 Å². The lowest BCUT2D eigenvalue weighted by Gasteiger charge is -2.15. The number of nitrogens with one attached hydrogen (secondary N) is 1. The highest BCUT2D eigenvalue weighted by molar-refractivity contribution is 5.63. The normalized spacial score (nSPS) is 12.7. The highest BCUT2D eigenvalue weighted by atomic mass is 19.4. The first-order valence-corrected chi connectivity index (χ1v) is 6.72. The molecule has 1 atom stereocenters. The maximum absolute atomic E-state index is 13.5. The second-order valence-corrected chi connectivity index (χ2v) is 4.91. The molecule has 0 saturated heterocycles. The minimum atomic E-state index is -4.71. The molecular weight excluding hydrogens is 332 g/mol. The largest absolute Gasteiger partial charge is 0.416 e. The van der Waals surface area contributed by atoms with E-state index in [1.54, 1.807) is 0 Å². The SMILES string of the molecule is O=[N+]([O-])c1cc(C(F)(F)F)ccc1NC[C@@H](O)c1ccccc1F. The number of hydrogen-bond donors (Lipinski definition) is 2. The van der Waals surface area contributed by atoms with Crippen molar-refractivity contribution in [1.29, 1.82) is 0 Å². The highest BCUT2D eigenvalue weighted by Crippen LogP contribution is 2.35. The third-order valence-electron chi connectivity index (χ3n) is 3.27. The smallest absolute Gasteiger partial charge is 0.386 e. The van der Waals surface area contributed by atoms with Crippen LogP contribution in [-0.2, 0) is 6.18 Å². The van der Waals surface area contributed by atoms with Gasteiger partial charge in [-0.1, -0.05) is 18.2 Å². The molecule has 128 valence electrons. The van der Waals surface area contributed by atoms with Gasteiger partial charge in [-0.05, 0) is 18.2 Å². The number of nitro benzene ring substituents is 1. The van der Waals surface area contributed by atoms with Gasteiger partial charge in [0, 0.05) is 18.2 Å². The summed E-state index contributed by atoms with van der Waals surface area (Å²) in [4.78, 5) is 9.98. The molecule has 2 rings (SSSR count). The number of nitro groups is 1. The molecule has 0 bridgehead atoms. The summed E-state index contributed by atoms with van der Waals surface area (Å²) < 4.78 is 51.4. The molecule has 0 heterocycles. The maximum atomic E-state index is 13.5. The molecule has 24 heavy (non-hydrogen) atoms. The summed E-state index contributed by atoms with van der Waals surface area (Å²) in [6.45, 7) is -0.312. The Hall–Kier alpha value is -2.68. The third-order valence-corrected chi connectivity index (χ3v) is 3.27. The van der Waals surface area contributed by atoms with E-state index in [0.717, 1.165) is 12.1 Å². The molecule has 0 saturated carbocycles. The standard InChI is InChI=1S/C15H12F4N2O3/c16-11-4-2-1-3-10(11)14(22)8-20-12-6-5-9(15(17,18)19)7-13(12)21(23)24/h1-7,14,20,22H,8H2/t14-/m1/s1. The van der Waals surface area contributed by atoms with Crippen molar-refractivity contribution in [2.75, 3.05) is 11.9 Å². The fourth-order valence-corrected chi connectivity index (χ4v) is 2.07. The maximum Gasteiger partial charge on any atom is 0.416 e. The van der Waals surface area contributed by atoms with E-state index in [0.29, 0.717) is 12.1 Å². The molecule has 0 aliphatic carbocycles. The molecule has 5 nitrogen and oxygen atoms in total. The lowest BCUT2D eigenvalue weighted by molar-refractivity contribution is -0.384. The van der Waals surface area contributed by atoms with Crippen LogP contribution in [0.5, 0.6) is 0 Å². The summed E-state index contributed by atoms with van der Waals surface area (Å²) in [6, 6.07) is 7.39.